The van der Waals surface area contributed by atoms with Gasteiger partial charge in [-0.15, -0.1) is 0 Å². The fraction of sp³-hybridized carbons (Fsp3) is 0.455. The second-order valence-electron chi connectivity index (χ2n) is 3.96. The van der Waals surface area contributed by atoms with Gasteiger partial charge in [-0.3, -0.25) is 4.98 Å². The van der Waals surface area contributed by atoms with E-state index in [0.29, 0.717) is 13.0 Å². The van der Waals surface area contributed by atoms with Crippen LogP contribution >= 0.6 is 0 Å². The van der Waals surface area contributed by atoms with Gasteiger partial charge in [0, 0.05) is 24.4 Å². The highest BCUT2D eigenvalue weighted by Gasteiger charge is 2.35. The molecule has 16 heavy (non-hydrogen) atoms. The third-order valence-electron chi connectivity index (χ3n) is 2.98. The quantitative estimate of drug-likeness (QED) is 0.780. The number of likely N-dealkylation sites (tertiary alicyclic amines) is 1. The standard InChI is InChI=1S/C11H14N2O3/c14-7-9-5-8(6-13(9)11(15)16)10-3-1-2-4-12-10/h1-4,8-9,14H,5-7H2,(H,15,16)/t8-,9+/m1/s1. The SMILES string of the molecule is O=C(O)N1C[C@H](c2ccccn2)C[C@H]1CO. The molecule has 2 atom stereocenters. The molecule has 1 saturated heterocycles. The average Bonchev–Trinajstić information content (AvgIpc) is 2.74. The van der Waals surface area contributed by atoms with E-state index < -0.39 is 6.09 Å². The fourth-order valence-corrected chi connectivity index (χ4v) is 2.16. The van der Waals surface area contributed by atoms with Crippen LogP contribution < -0.4 is 0 Å². The van der Waals surface area contributed by atoms with Gasteiger partial charge in [-0.2, -0.15) is 0 Å². The molecule has 5 nitrogen and oxygen atoms in total. The zero-order chi connectivity index (χ0) is 11.5. The van der Waals surface area contributed by atoms with E-state index in [-0.39, 0.29) is 18.6 Å². The lowest BCUT2D eigenvalue weighted by molar-refractivity contribution is 0.118. The molecular formula is C11H14N2O3. The van der Waals surface area contributed by atoms with Crippen LogP contribution in [-0.2, 0) is 0 Å². The molecule has 1 fully saturated rings. The van der Waals surface area contributed by atoms with Crippen molar-refractivity contribution in [3.05, 3.63) is 30.1 Å². The zero-order valence-electron chi connectivity index (χ0n) is 8.78. The molecule has 0 bridgehead atoms. The molecule has 1 amide bonds. The van der Waals surface area contributed by atoms with E-state index >= 15 is 0 Å². The molecule has 0 aromatic carbocycles. The number of rotatable bonds is 2. The highest BCUT2D eigenvalue weighted by atomic mass is 16.4. The van der Waals surface area contributed by atoms with E-state index in [2.05, 4.69) is 4.98 Å². The van der Waals surface area contributed by atoms with Gasteiger partial charge in [0.2, 0.25) is 0 Å². The van der Waals surface area contributed by atoms with Gasteiger partial charge in [-0.1, -0.05) is 6.07 Å². The molecule has 2 N–H and O–H groups in total. The summed E-state index contributed by atoms with van der Waals surface area (Å²) in [4.78, 5) is 16.5. The van der Waals surface area contributed by atoms with Crippen LogP contribution in [0.1, 0.15) is 18.0 Å². The lowest BCUT2D eigenvalue weighted by Crippen LogP contribution is -2.36. The summed E-state index contributed by atoms with van der Waals surface area (Å²) >= 11 is 0. The Bertz CT molecular complexity index is 369. The van der Waals surface area contributed by atoms with Crippen LogP contribution in [0.4, 0.5) is 4.79 Å². The Morgan fingerprint density at radius 1 is 1.56 bits per heavy atom. The normalized spacial score (nSPS) is 24.7. The van der Waals surface area contributed by atoms with Crippen molar-refractivity contribution in [3.8, 4) is 0 Å². The average molecular weight is 222 g/mol. The van der Waals surface area contributed by atoms with Crippen LogP contribution in [0.5, 0.6) is 0 Å². The fourth-order valence-electron chi connectivity index (χ4n) is 2.16. The molecule has 1 aliphatic heterocycles. The number of hydrogen-bond acceptors (Lipinski definition) is 3. The van der Waals surface area contributed by atoms with Crippen LogP contribution in [0.25, 0.3) is 0 Å². The molecule has 5 heteroatoms. The van der Waals surface area contributed by atoms with Crippen molar-refractivity contribution < 1.29 is 15.0 Å². The van der Waals surface area contributed by atoms with Crippen molar-refractivity contribution in [3.63, 3.8) is 0 Å². The van der Waals surface area contributed by atoms with Crippen LogP contribution in [0, 0.1) is 0 Å². The zero-order valence-corrected chi connectivity index (χ0v) is 8.78. The lowest BCUT2D eigenvalue weighted by Gasteiger charge is -2.18. The van der Waals surface area contributed by atoms with Crippen molar-refractivity contribution >= 4 is 6.09 Å². The third kappa shape index (κ3) is 1.99. The van der Waals surface area contributed by atoms with E-state index in [1.54, 1.807) is 6.20 Å². The first-order valence-corrected chi connectivity index (χ1v) is 5.23. The maximum Gasteiger partial charge on any atom is 0.407 e. The molecule has 0 unspecified atom stereocenters. The summed E-state index contributed by atoms with van der Waals surface area (Å²) in [5.41, 5.74) is 0.893. The summed E-state index contributed by atoms with van der Waals surface area (Å²) in [6.45, 7) is 0.285. The first-order chi connectivity index (χ1) is 7.72. The number of carboxylic acid groups (broad SMARTS) is 1. The van der Waals surface area contributed by atoms with Crippen LogP contribution in [0.15, 0.2) is 24.4 Å². The summed E-state index contributed by atoms with van der Waals surface area (Å²) in [5, 5.41) is 18.1. The molecule has 0 radical (unpaired) electrons. The van der Waals surface area contributed by atoms with Crippen molar-refractivity contribution in [1.29, 1.82) is 0 Å². The third-order valence-corrected chi connectivity index (χ3v) is 2.98. The number of aromatic nitrogens is 1. The van der Waals surface area contributed by atoms with Crippen molar-refractivity contribution in [2.75, 3.05) is 13.2 Å². The van der Waals surface area contributed by atoms with E-state index in [1.165, 1.54) is 4.90 Å². The van der Waals surface area contributed by atoms with Gasteiger partial charge in [0.25, 0.3) is 0 Å². The molecule has 2 heterocycles. The number of carbonyl (C=O) groups is 1. The highest BCUT2D eigenvalue weighted by molar-refractivity contribution is 5.66. The summed E-state index contributed by atoms with van der Waals surface area (Å²) in [6, 6.07) is 5.31. The van der Waals surface area contributed by atoms with Gasteiger partial charge >= 0.3 is 6.09 Å². The van der Waals surface area contributed by atoms with Gasteiger partial charge in [0.05, 0.1) is 12.6 Å². The molecular weight excluding hydrogens is 208 g/mol. The van der Waals surface area contributed by atoms with Gasteiger partial charge in [0.1, 0.15) is 0 Å². The predicted molar refractivity (Wildman–Crippen MR) is 57.2 cm³/mol. The van der Waals surface area contributed by atoms with E-state index in [1.807, 2.05) is 18.2 Å². The first kappa shape index (κ1) is 10.9. The first-order valence-electron chi connectivity index (χ1n) is 5.23. The number of aliphatic hydroxyl groups excluding tert-OH is 1. The van der Waals surface area contributed by atoms with Crippen LogP contribution in [-0.4, -0.2) is 45.4 Å². The van der Waals surface area contributed by atoms with E-state index in [4.69, 9.17) is 10.2 Å². The van der Waals surface area contributed by atoms with Crippen LogP contribution in [0.2, 0.25) is 0 Å². The van der Waals surface area contributed by atoms with Crippen LogP contribution in [0.3, 0.4) is 0 Å². The Kier molecular flexibility index (Phi) is 3.05. The largest absolute Gasteiger partial charge is 0.465 e. The maximum absolute atomic E-state index is 10.9. The second-order valence-corrected chi connectivity index (χ2v) is 3.96. The molecule has 0 aliphatic carbocycles. The van der Waals surface area contributed by atoms with Gasteiger partial charge in [-0.05, 0) is 18.6 Å². The lowest BCUT2D eigenvalue weighted by atomic mass is 10.0. The van der Waals surface area contributed by atoms with Gasteiger partial charge in [-0.25, -0.2) is 4.79 Å². The highest BCUT2D eigenvalue weighted by Crippen LogP contribution is 2.30. The topological polar surface area (TPSA) is 73.7 Å². The molecule has 0 spiro atoms. The summed E-state index contributed by atoms with van der Waals surface area (Å²) in [7, 11) is 0. The Hall–Kier alpha value is -1.62. The number of nitrogens with zero attached hydrogens (tertiary/aromatic N) is 2. The summed E-state index contributed by atoms with van der Waals surface area (Å²) in [6.07, 6.45) is 1.37. The Morgan fingerprint density at radius 3 is 2.88 bits per heavy atom. The minimum atomic E-state index is -0.975. The van der Waals surface area contributed by atoms with Crippen molar-refractivity contribution in [2.24, 2.45) is 0 Å². The minimum absolute atomic E-state index is 0.0921. The molecule has 2 rings (SSSR count). The number of pyridine rings is 1. The molecule has 1 aromatic rings. The summed E-state index contributed by atoms with van der Waals surface area (Å²) < 4.78 is 0. The molecule has 0 saturated carbocycles. The molecule has 1 aliphatic rings. The van der Waals surface area contributed by atoms with Crippen molar-refractivity contribution in [1.82, 2.24) is 9.88 Å². The number of hydrogen-bond donors (Lipinski definition) is 2. The minimum Gasteiger partial charge on any atom is -0.465 e. The second kappa shape index (κ2) is 4.49. The smallest absolute Gasteiger partial charge is 0.407 e. The monoisotopic (exact) mass is 222 g/mol. The summed E-state index contributed by atoms with van der Waals surface area (Å²) in [5.74, 6) is 0.0921. The Balaban J connectivity index is 2.14. The molecule has 86 valence electrons. The van der Waals surface area contributed by atoms with E-state index in [9.17, 15) is 4.79 Å². The predicted octanol–water partition coefficient (Wildman–Crippen LogP) is 0.910. The van der Waals surface area contributed by atoms with Gasteiger partial charge in [0.15, 0.2) is 0 Å². The van der Waals surface area contributed by atoms with Crippen molar-refractivity contribution in [2.45, 2.75) is 18.4 Å². The van der Waals surface area contributed by atoms with Gasteiger partial charge < -0.3 is 15.1 Å². The Morgan fingerprint density at radius 2 is 2.38 bits per heavy atom. The molecule has 1 aromatic heterocycles. The maximum atomic E-state index is 10.9. The van der Waals surface area contributed by atoms with E-state index in [0.717, 1.165) is 5.69 Å². The number of aliphatic hydroxyl groups is 1. The Labute approximate surface area is 93.3 Å². The number of amides is 1.